The van der Waals surface area contributed by atoms with Crippen LogP contribution >= 0.6 is 23.0 Å². The molecule has 0 spiro atoms. The smallest absolute Gasteiger partial charge is 0.110 e. The summed E-state index contributed by atoms with van der Waals surface area (Å²) in [6, 6.07) is 0. The van der Waals surface area contributed by atoms with Gasteiger partial charge in [0.1, 0.15) is 23.0 Å². The maximum absolute atomic E-state index is 5.29. The van der Waals surface area contributed by atoms with Crippen molar-refractivity contribution in [3.8, 4) is 0 Å². The van der Waals surface area contributed by atoms with Gasteiger partial charge in [0.05, 0.1) is 6.10 Å². The summed E-state index contributed by atoms with van der Waals surface area (Å²) in [7, 11) is 0. The van der Waals surface area contributed by atoms with Crippen molar-refractivity contribution in [3.63, 3.8) is 0 Å². The van der Waals surface area contributed by atoms with E-state index in [2.05, 4.69) is 13.8 Å². The molecule has 0 atom stereocenters. The fraction of sp³-hybridized carbons (Fsp3) is 1.00. The summed E-state index contributed by atoms with van der Waals surface area (Å²) in [5, 5.41) is 0. The van der Waals surface area contributed by atoms with Gasteiger partial charge < -0.3 is 3.07 Å². The highest BCUT2D eigenvalue weighted by atomic mass is 127. The molecule has 0 N–H and O–H groups in total. The first-order valence-corrected chi connectivity index (χ1v) is 5.39. The molecule has 1 fully saturated rings. The Bertz CT molecular complexity index is 106. The molecule has 0 unspecified atom stereocenters. The zero-order valence-electron chi connectivity index (χ0n) is 7.35. The van der Waals surface area contributed by atoms with Crippen LogP contribution < -0.4 is 0 Å². The number of hydrogen-bond acceptors (Lipinski definition) is 1. The van der Waals surface area contributed by atoms with Gasteiger partial charge >= 0.3 is 0 Å². The lowest BCUT2D eigenvalue weighted by Crippen LogP contribution is -2.21. The molecule has 1 aliphatic rings. The number of hydrogen-bond donors (Lipinski definition) is 0. The molecule has 0 bridgehead atoms. The quantitative estimate of drug-likeness (QED) is 0.696. The van der Waals surface area contributed by atoms with E-state index in [1.54, 1.807) is 0 Å². The van der Waals surface area contributed by atoms with Gasteiger partial charge in [-0.15, -0.1) is 0 Å². The summed E-state index contributed by atoms with van der Waals surface area (Å²) in [6.45, 7) is 4.66. The van der Waals surface area contributed by atoms with E-state index < -0.39 is 0 Å². The maximum Gasteiger partial charge on any atom is 0.110 e. The zero-order valence-corrected chi connectivity index (χ0v) is 9.50. The Morgan fingerprint density at radius 1 is 1.18 bits per heavy atom. The summed E-state index contributed by atoms with van der Waals surface area (Å²) in [5.74, 6) is 1.82. The minimum atomic E-state index is 0.547. The van der Waals surface area contributed by atoms with Crippen LogP contribution in [0.1, 0.15) is 39.5 Å². The number of rotatable bonds is 2. The Morgan fingerprint density at radius 2 is 1.73 bits per heavy atom. The molecule has 0 aromatic rings. The second-order valence-corrected chi connectivity index (χ2v) is 4.38. The molecule has 0 aromatic carbocycles. The Hall–Kier alpha value is 0.690. The molecular formula is C9H17IO. The summed E-state index contributed by atoms with van der Waals surface area (Å²) in [4.78, 5) is 0. The first kappa shape index (κ1) is 9.78. The minimum Gasteiger partial charge on any atom is -0.312 e. The second kappa shape index (κ2) is 4.65. The summed E-state index contributed by atoms with van der Waals surface area (Å²) in [6.07, 6.45) is 5.82. The molecule has 0 amide bonds. The molecule has 0 radical (unpaired) electrons. The van der Waals surface area contributed by atoms with Crippen molar-refractivity contribution < 1.29 is 3.07 Å². The predicted molar refractivity (Wildman–Crippen MR) is 55.7 cm³/mol. The molecule has 0 heterocycles. The van der Waals surface area contributed by atoms with Crippen molar-refractivity contribution in [2.24, 2.45) is 11.8 Å². The van der Waals surface area contributed by atoms with E-state index in [0.717, 1.165) is 11.8 Å². The molecule has 66 valence electrons. The average Bonchev–Trinajstić information content (AvgIpc) is 2.05. The molecule has 11 heavy (non-hydrogen) atoms. The average molecular weight is 268 g/mol. The van der Waals surface area contributed by atoms with E-state index in [4.69, 9.17) is 3.07 Å². The molecule has 1 rings (SSSR count). The lowest BCUT2D eigenvalue weighted by molar-refractivity contribution is 0.157. The van der Waals surface area contributed by atoms with E-state index in [0.29, 0.717) is 6.10 Å². The Balaban J connectivity index is 2.24. The van der Waals surface area contributed by atoms with Gasteiger partial charge in [-0.3, -0.25) is 0 Å². The van der Waals surface area contributed by atoms with Crippen LogP contribution in [-0.2, 0) is 3.07 Å². The van der Waals surface area contributed by atoms with Crippen molar-refractivity contribution in [3.05, 3.63) is 0 Å². The van der Waals surface area contributed by atoms with Gasteiger partial charge in [0.2, 0.25) is 0 Å². The van der Waals surface area contributed by atoms with Gasteiger partial charge in [-0.05, 0) is 37.5 Å². The van der Waals surface area contributed by atoms with Crippen LogP contribution in [0.3, 0.4) is 0 Å². The summed E-state index contributed by atoms with van der Waals surface area (Å²) >= 11 is 2.03. The molecular weight excluding hydrogens is 251 g/mol. The van der Waals surface area contributed by atoms with Crippen LogP contribution in [-0.4, -0.2) is 6.10 Å². The van der Waals surface area contributed by atoms with Crippen molar-refractivity contribution in [2.75, 3.05) is 0 Å². The van der Waals surface area contributed by atoms with E-state index in [-0.39, 0.29) is 0 Å². The largest absolute Gasteiger partial charge is 0.312 e. The van der Waals surface area contributed by atoms with Crippen LogP contribution in [0.25, 0.3) is 0 Å². The van der Waals surface area contributed by atoms with Gasteiger partial charge in [-0.25, -0.2) is 0 Å². The molecule has 2 heteroatoms. The topological polar surface area (TPSA) is 9.23 Å². The van der Waals surface area contributed by atoms with Crippen LogP contribution in [0.15, 0.2) is 0 Å². The highest BCUT2D eigenvalue weighted by molar-refractivity contribution is 14.1. The SMILES string of the molecule is CC(C)C1CCC(OI)CC1. The lowest BCUT2D eigenvalue weighted by atomic mass is 9.81. The Kier molecular flexibility index (Phi) is 4.13. The van der Waals surface area contributed by atoms with Gasteiger partial charge in [-0.1, -0.05) is 13.8 Å². The van der Waals surface area contributed by atoms with Crippen molar-refractivity contribution >= 4 is 23.0 Å². The zero-order chi connectivity index (χ0) is 8.27. The van der Waals surface area contributed by atoms with E-state index in [9.17, 15) is 0 Å². The van der Waals surface area contributed by atoms with E-state index in [1.807, 2.05) is 23.0 Å². The van der Waals surface area contributed by atoms with Crippen molar-refractivity contribution in [1.29, 1.82) is 0 Å². The van der Waals surface area contributed by atoms with Crippen molar-refractivity contribution in [1.82, 2.24) is 0 Å². The third kappa shape index (κ3) is 2.90. The molecule has 0 aliphatic heterocycles. The summed E-state index contributed by atoms with van der Waals surface area (Å²) < 4.78 is 5.29. The minimum absolute atomic E-state index is 0.547. The molecule has 1 nitrogen and oxygen atoms in total. The standard InChI is InChI=1S/C9H17IO/c1-7(2)8-3-5-9(11-10)6-4-8/h7-9H,3-6H2,1-2H3. The normalized spacial score (nSPS) is 32.7. The monoisotopic (exact) mass is 268 g/mol. The van der Waals surface area contributed by atoms with Crippen LogP contribution in [0, 0.1) is 11.8 Å². The molecule has 1 aliphatic carbocycles. The highest BCUT2D eigenvalue weighted by Gasteiger charge is 2.22. The van der Waals surface area contributed by atoms with Crippen molar-refractivity contribution in [2.45, 2.75) is 45.6 Å². The number of halogens is 1. The predicted octanol–water partition coefficient (Wildman–Crippen LogP) is 3.57. The first-order valence-electron chi connectivity index (χ1n) is 4.51. The molecule has 0 saturated heterocycles. The van der Waals surface area contributed by atoms with Crippen LogP contribution in [0.2, 0.25) is 0 Å². The van der Waals surface area contributed by atoms with Crippen LogP contribution in [0.5, 0.6) is 0 Å². The van der Waals surface area contributed by atoms with Crippen LogP contribution in [0.4, 0.5) is 0 Å². The van der Waals surface area contributed by atoms with Gasteiger partial charge in [0.15, 0.2) is 0 Å². The second-order valence-electron chi connectivity index (χ2n) is 3.87. The Labute approximate surface area is 83.6 Å². The van der Waals surface area contributed by atoms with Gasteiger partial charge in [-0.2, -0.15) is 0 Å². The molecule has 1 saturated carbocycles. The van der Waals surface area contributed by atoms with Gasteiger partial charge in [0.25, 0.3) is 0 Å². The Morgan fingerprint density at radius 3 is 2.09 bits per heavy atom. The third-order valence-electron chi connectivity index (χ3n) is 2.79. The van der Waals surface area contributed by atoms with Gasteiger partial charge in [0, 0.05) is 0 Å². The molecule has 0 aromatic heterocycles. The summed E-state index contributed by atoms with van der Waals surface area (Å²) in [5.41, 5.74) is 0. The van der Waals surface area contributed by atoms with E-state index >= 15 is 0 Å². The first-order chi connectivity index (χ1) is 5.24. The fourth-order valence-corrected chi connectivity index (χ4v) is 2.35. The van der Waals surface area contributed by atoms with E-state index in [1.165, 1.54) is 25.7 Å². The highest BCUT2D eigenvalue weighted by Crippen LogP contribution is 2.31. The lowest BCUT2D eigenvalue weighted by Gasteiger charge is -2.29. The maximum atomic E-state index is 5.29. The third-order valence-corrected chi connectivity index (χ3v) is 3.51. The fourth-order valence-electron chi connectivity index (χ4n) is 1.84.